The van der Waals surface area contributed by atoms with Crippen LogP contribution in [-0.2, 0) is 28.6 Å². The molecule has 1 unspecified atom stereocenters. The van der Waals surface area contributed by atoms with Gasteiger partial charge in [-0.05, 0) is 109 Å². The van der Waals surface area contributed by atoms with E-state index >= 15 is 0 Å². The number of carbonyl (C=O) groups is 3. The van der Waals surface area contributed by atoms with E-state index in [-0.39, 0.29) is 31.1 Å². The molecule has 1 atom stereocenters. The van der Waals surface area contributed by atoms with Crippen molar-refractivity contribution >= 4 is 17.9 Å². The van der Waals surface area contributed by atoms with Crippen molar-refractivity contribution in [2.45, 2.75) is 252 Å². The molecule has 0 aromatic rings. The molecule has 0 aromatic heterocycles. The van der Waals surface area contributed by atoms with E-state index in [9.17, 15) is 14.4 Å². The zero-order valence-corrected chi connectivity index (χ0v) is 42.9. The van der Waals surface area contributed by atoms with Gasteiger partial charge in [-0.3, -0.25) is 14.4 Å². The van der Waals surface area contributed by atoms with Gasteiger partial charge >= 0.3 is 17.9 Å². The number of hydrogen-bond donors (Lipinski definition) is 0. The third-order valence-corrected chi connectivity index (χ3v) is 11.3. The van der Waals surface area contributed by atoms with Gasteiger partial charge in [-0.2, -0.15) is 0 Å². The standard InChI is InChI=1S/C60H100O6/c1-4-7-10-13-16-19-22-25-28-30-31-33-35-38-41-44-47-50-53-59(62)65-56-57(55-64-58(61)52-49-46-43-40-37-34-27-24-21-18-15-12-9-6-3)66-60(63)54-51-48-45-42-39-36-32-29-26-23-20-17-14-11-8-5-2/h8-9,11-12,17-18,20-21,26-31,33-34,57H,4-7,10,13-16,19,22-25,32,35-56H2,1-3H3/b11-8-,12-9-,20-17-,21-18-,29-26-,30-28-,33-31-,34-27-. The van der Waals surface area contributed by atoms with Crippen LogP contribution in [0.2, 0.25) is 0 Å². The summed E-state index contributed by atoms with van der Waals surface area (Å²) in [6.45, 7) is 6.37. The van der Waals surface area contributed by atoms with Gasteiger partial charge in [0.15, 0.2) is 6.10 Å². The third-order valence-electron chi connectivity index (χ3n) is 11.3. The van der Waals surface area contributed by atoms with Gasteiger partial charge in [0, 0.05) is 19.3 Å². The van der Waals surface area contributed by atoms with Crippen LogP contribution >= 0.6 is 0 Å². The van der Waals surface area contributed by atoms with Crippen molar-refractivity contribution in [2.24, 2.45) is 0 Å². The van der Waals surface area contributed by atoms with Crippen molar-refractivity contribution in [3.63, 3.8) is 0 Å². The Balaban J connectivity index is 4.47. The maximum absolute atomic E-state index is 12.8. The Morgan fingerprint density at radius 2 is 0.636 bits per heavy atom. The molecule has 0 saturated heterocycles. The highest BCUT2D eigenvalue weighted by molar-refractivity contribution is 5.71. The molecule has 0 aliphatic heterocycles. The number of hydrogen-bond acceptors (Lipinski definition) is 6. The van der Waals surface area contributed by atoms with E-state index in [1.54, 1.807) is 0 Å². The largest absolute Gasteiger partial charge is 0.462 e. The summed E-state index contributed by atoms with van der Waals surface area (Å²) in [4.78, 5) is 38.1. The lowest BCUT2D eigenvalue weighted by atomic mass is 10.1. The van der Waals surface area contributed by atoms with Crippen LogP contribution in [0.15, 0.2) is 97.2 Å². The van der Waals surface area contributed by atoms with Crippen LogP contribution in [0, 0.1) is 0 Å². The highest BCUT2D eigenvalue weighted by Gasteiger charge is 2.19. The number of rotatable bonds is 48. The molecule has 6 nitrogen and oxygen atoms in total. The minimum Gasteiger partial charge on any atom is -0.462 e. The Morgan fingerprint density at radius 3 is 1.02 bits per heavy atom. The molecule has 0 fully saturated rings. The molecule has 0 aliphatic rings. The Bertz CT molecular complexity index is 1330. The van der Waals surface area contributed by atoms with Crippen molar-refractivity contribution in [2.75, 3.05) is 13.2 Å². The fourth-order valence-electron chi connectivity index (χ4n) is 7.28. The van der Waals surface area contributed by atoms with Crippen molar-refractivity contribution < 1.29 is 28.6 Å². The third kappa shape index (κ3) is 51.3. The van der Waals surface area contributed by atoms with Crippen molar-refractivity contribution in [3.8, 4) is 0 Å². The first-order valence-electron chi connectivity index (χ1n) is 27.3. The second-order valence-corrected chi connectivity index (χ2v) is 17.8. The Labute approximate surface area is 407 Å². The minimum atomic E-state index is -0.801. The topological polar surface area (TPSA) is 78.9 Å². The zero-order valence-electron chi connectivity index (χ0n) is 42.9. The highest BCUT2D eigenvalue weighted by atomic mass is 16.6. The van der Waals surface area contributed by atoms with Gasteiger partial charge in [-0.25, -0.2) is 0 Å². The van der Waals surface area contributed by atoms with Gasteiger partial charge in [0.25, 0.3) is 0 Å². The van der Waals surface area contributed by atoms with Crippen molar-refractivity contribution in [1.29, 1.82) is 0 Å². The van der Waals surface area contributed by atoms with Crippen LogP contribution in [0.5, 0.6) is 0 Å². The molecule has 0 aromatic carbocycles. The molecule has 6 heteroatoms. The molecule has 0 N–H and O–H groups in total. The first-order chi connectivity index (χ1) is 32.5. The van der Waals surface area contributed by atoms with E-state index in [1.807, 2.05) is 0 Å². The average molecular weight is 917 g/mol. The van der Waals surface area contributed by atoms with Crippen LogP contribution in [0.25, 0.3) is 0 Å². The summed E-state index contributed by atoms with van der Waals surface area (Å²) in [5.74, 6) is -0.949. The lowest BCUT2D eigenvalue weighted by Crippen LogP contribution is -2.30. The minimum absolute atomic E-state index is 0.0993. The van der Waals surface area contributed by atoms with Gasteiger partial charge in [0.05, 0.1) is 0 Å². The molecule has 0 spiro atoms. The summed E-state index contributed by atoms with van der Waals surface area (Å²) in [5.41, 5.74) is 0. The number of esters is 3. The quantitative estimate of drug-likeness (QED) is 0.0199. The highest BCUT2D eigenvalue weighted by Crippen LogP contribution is 2.14. The molecule has 66 heavy (non-hydrogen) atoms. The van der Waals surface area contributed by atoms with Crippen molar-refractivity contribution in [1.82, 2.24) is 0 Å². The van der Waals surface area contributed by atoms with Gasteiger partial charge in [0.1, 0.15) is 13.2 Å². The molecule has 0 amide bonds. The summed E-state index contributed by atoms with van der Waals surface area (Å²) >= 11 is 0. The maximum atomic E-state index is 12.8. The summed E-state index contributed by atoms with van der Waals surface area (Å²) in [6, 6.07) is 0. The molecule has 0 rings (SSSR count). The number of ether oxygens (including phenoxy) is 3. The summed E-state index contributed by atoms with van der Waals surface area (Å²) in [5, 5.41) is 0. The van der Waals surface area contributed by atoms with E-state index in [2.05, 4.69) is 118 Å². The van der Waals surface area contributed by atoms with Gasteiger partial charge in [-0.1, -0.05) is 214 Å². The maximum Gasteiger partial charge on any atom is 0.306 e. The Morgan fingerprint density at radius 1 is 0.333 bits per heavy atom. The molecule has 0 radical (unpaired) electrons. The van der Waals surface area contributed by atoms with E-state index in [4.69, 9.17) is 14.2 Å². The lowest BCUT2D eigenvalue weighted by Gasteiger charge is -2.18. The Kier molecular flexibility index (Phi) is 50.9. The monoisotopic (exact) mass is 917 g/mol. The normalized spacial score (nSPS) is 12.8. The fourth-order valence-corrected chi connectivity index (χ4v) is 7.28. The first kappa shape index (κ1) is 62.3. The fraction of sp³-hybridized carbons (Fsp3) is 0.683. The van der Waals surface area contributed by atoms with Gasteiger partial charge < -0.3 is 14.2 Å². The van der Waals surface area contributed by atoms with Crippen LogP contribution in [0.3, 0.4) is 0 Å². The van der Waals surface area contributed by atoms with Gasteiger partial charge in [0.2, 0.25) is 0 Å². The predicted octanol–water partition coefficient (Wildman–Crippen LogP) is 18.1. The second kappa shape index (κ2) is 53.9. The van der Waals surface area contributed by atoms with E-state index in [1.165, 1.54) is 64.2 Å². The molecular weight excluding hydrogens is 817 g/mol. The summed E-state index contributed by atoms with van der Waals surface area (Å²) in [7, 11) is 0. The van der Waals surface area contributed by atoms with Crippen LogP contribution in [0.1, 0.15) is 245 Å². The number of unbranched alkanes of at least 4 members (excludes halogenated alkanes) is 22. The SMILES string of the molecule is CC/C=C\C/C=C\C/C=C\CCCCCCCCC(=O)OC(COC(=O)CCCCCC/C=C\C/C=C\C/C=C\CC)COC(=O)CCCCCCC/C=C\C=C/CCCCCCCCC. The second-order valence-electron chi connectivity index (χ2n) is 17.8. The molecular formula is C60H100O6. The summed E-state index contributed by atoms with van der Waals surface area (Å²) < 4.78 is 16.8. The smallest absolute Gasteiger partial charge is 0.306 e. The molecule has 0 saturated carbocycles. The van der Waals surface area contributed by atoms with Crippen LogP contribution < -0.4 is 0 Å². The van der Waals surface area contributed by atoms with E-state index in [0.29, 0.717) is 19.3 Å². The molecule has 0 aliphatic carbocycles. The Hall–Kier alpha value is -3.67. The van der Waals surface area contributed by atoms with Crippen molar-refractivity contribution in [3.05, 3.63) is 97.2 Å². The number of allylic oxidation sites excluding steroid dienone is 16. The molecule has 0 bridgehead atoms. The van der Waals surface area contributed by atoms with Crippen LogP contribution in [-0.4, -0.2) is 37.2 Å². The van der Waals surface area contributed by atoms with Gasteiger partial charge in [-0.15, -0.1) is 0 Å². The zero-order chi connectivity index (χ0) is 47.9. The molecule has 376 valence electrons. The van der Waals surface area contributed by atoms with E-state index < -0.39 is 6.10 Å². The lowest BCUT2D eigenvalue weighted by molar-refractivity contribution is -0.167. The average Bonchev–Trinajstić information content (AvgIpc) is 3.31. The molecule has 0 heterocycles. The predicted molar refractivity (Wildman–Crippen MR) is 284 cm³/mol. The van der Waals surface area contributed by atoms with Crippen LogP contribution in [0.4, 0.5) is 0 Å². The number of carbonyl (C=O) groups excluding carboxylic acids is 3. The first-order valence-corrected chi connectivity index (χ1v) is 27.3. The van der Waals surface area contributed by atoms with E-state index in [0.717, 1.165) is 141 Å². The summed E-state index contributed by atoms with van der Waals surface area (Å²) in [6.07, 6.45) is 71.0.